The third kappa shape index (κ3) is 3.42. The van der Waals surface area contributed by atoms with Crippen molar-refractivity contribution < 1.29 is 5.11 Å². The highest BCUT2D eigenvalue weighted by Gasteiger charge is 2.19. The van der Waals surface area contributed by atoms with Crippen LogP contribution in [-0.2, 0) is 12.8 Å². The van der Waals surface area contributed by atoms with Gasteiger partial charge in [-0.25, -0.2) is 4.98 Å². The highest BCUT2D eigenvalue weighted by Crippen LogP contribution is 2.37. The van der Waals surface area contributed by atoms with Crippen molar-refractivity contribution in [3.05, 3.63) is 78.0 Å². The minimum atomic E-state index is 0.264. The molecule has 0 fully saturated rings. The van der Waals surface area contributed by atoms with Gasteiger partial charge in [-0.3, -0.25) is 4.40 Å². The maximum atomic E-state index is 10.2. The number of benzene rings is 3. The number of imidazole rings is 1. The normalized spacial score (nSPS) is 12.1. The van der Waals surface area contributed by atoms with E-state index in [0.29, 0.717) is 11.8 Å². The average Bonchev–Trinajstić information content (AvgIpc) is 3.18. The highest BCUT2D eigenvalue weighted by atomic mass is 16.3. The third-order valence-corrected chi connectivity index (χ3v) is 6.19. The van der Waals surface area contributed by atoms with Crippen molar-refractivity contribution in [1.82, 2.24) is 9.38 Å². The first-order chi connectivity index (χ1) is 15.4. The molecule has 0 aliphatic heterocycles. The van der Waals surface area contributed by atoms with Crippen LogP contribution in [0.25, 0.3) is 38.6 Å². The Balaban J connectivity index is 1.92. The van der Waals surface area contributed by atoms with Crippen molar-refractivity contribution in [3.63, 3.8) is 0 Å². The summed E-state index contributed by atoms with van der Waals surface area (Å²) in [6, 6.07) is 20.8. The lowest BCUT2D eigenvalue weighted by atomic mass is 9.89. The first kappa shape index (κ1) is 20.6. The number of para-hydroxylation sites is 1. The number of hydrogen-bond acceptors (Lipinski definition) is 2. The molecular weight excluding hydrogens is 392 g/mol. The van der Waals surface area contributed by atoms with Crippen molar-refractivity contribution in [3.8, 4) is 17.0 Å². The van der Waals surface area contributed by atoms with E-state index in [1.165, 1.54) is 22.1 Å². The molecule has 162 valence electrons. The Hall–Kier alpha value is -3.33. The van der Waals surface area contributed by atoms with Crippen LogP contribution in [0.1, 0.15) is 38.8 Å². The van der Waals surface area contributed by atoms with Crippen LogP contribution < -0.4 is 0 Å². The topological polar surface area (TPSA) is 37.5 Å². The van der Waals surface area contributed by atoms with Crippen molar-refractivity contribution in [2.45, 2.75) is 40.5 Å². The Morgan fingerprint density at radius 2 is 1.47 bits per heavy atom. The monoisotopic (exact) mass is 422 g/mol. The molecule has 5 rings (SSSR count). The van der Waals surface area contributed by atoms with Crippen molar-refractivity contribution in [2.75, 3.05) is 0 Å². The second-order valence-corrected chi connectivity index (χ2v) is 9.70. The van der Waals surface area contributed by atoms with E-state index in [0.717, 1.165) is 40.5 Å². The maximum absolute atomic E-state index is 10.2. The number of phenols is 1. The van der Waals surface area contributed by atoms with Gasteiger partial charge in [-0.05, 0) is 65.5 Å². The molecule has 0 atom stereocenters. The number of rotatable bonds is 5. The molecule has 2 heterocycles. The molecule has 0 amide bonds. The lowest BCUT2D eigenvalue weighted by Crippen LogP contribution is -2.05. The van der Waals surface area contributed by atoms with Crippen LogP contribution in [0.15, 0.2) is 66.9 Å². The minimum Gasteiger partial charge on any atom is -0.508 e. The van der Waals surface area contributed by atoms with Crippen molar-refractivity contribution in [2.24, 2.45) is 11.8 Å². The summed E-state index contributed by atoms with van der Waals surface area (Å²) in [7, 11) is 0. The second-order valence-electron chi connectivity index (χ2n) is 9.70. The van der Waals surface area contributed by atoms with Gasteiger partial charge in [-0.1, -0.05) is 64.1 Å². The molecule has 1 N–H and O–H groups in total. The van der Waals surface area contributed by atoms with Crippen LogP contribution in [0.4, 0.5) is 0 Å². The first-order valence-corrected chi connectivity index (χ1v) is 11.6. The smallest absolute Gasteiger partial charge is 0.145 e. The Morgan fingerprint density at radius 1 is 0.781 bits per heavy atom. The number of aromatic nitrogens is 2. The number of hydrogen-bond donors (Lipinski definition) is 1. The summed E-state index contributed by atoms with van der Waals surface area (Å²) in [5, 5.41) is 13.5. The molecule has 5 aromatic rings. The summed E-state index contributed by atoms with van der Waals surface area (Å²) in [5.41, 5.74) is 7.22. The van der Waals surface area contributed by atoms with E-state index < -0.39 is 0 Å². The first-order valence-electron chi connectivity index (χ1n) is 11.6. The molecule has 0 aliphatic carbocycles. The van der Waals surface area contributed by atoms with E-state index in [2.05, 4.69) is 74.6 Å². The van der Waals surface area contributed by atoms with Gasteiger partial charge in [0.25, 0.3) is 0 Å². The predicted molar refractivity (Wildman–Crippen MR) is 134 cm³/mol. The Bertz CT molecular complexity index is 1410. The molecule has 0 unspecified atom stereocenters. The molecule has 0 saturated heterocycles. The molecular formula is C29H30N2O. The molecule has 0 aliphatic rings. The summed E-state index contributed by atoms with van der Waals surface area (Å²) >= 11 is 0. The fraction of sp³-hybridized carbons (Fsp3) is 0.276. The van der Waals surface area contributed by atoms with Crippen molar-refractivity contribution in [1.29, 1.82) is 0 Å². The average molecular weight is 423 g/mol. The van der Waals surface area contributed by atoms with Crippen LogP contribution in [0, 0.1) is 11.8 Å². The number of nitrogens with zero attached hydrogens (tertiary/aromatic N) is 2. The van der Waals surface area contributed by atoms with Gasteiger partial charge in [0.1, 0.15) is 11.4 Å². The number of pyridine rings is 1. The molecule has 3 aromatic carbocycles. The maximum Gasteiger partial charge on any atom is 0.145 e. The van der Waals surface area contributed by atoms with Gasteiger partial charge in [0.15, 0.2) is 0 Å². The van der Waals surface area contributed by atoms with Gasteiger partial charge in [0.2, 0.25) is 0 Å². The molecule has 2 aromatic heterocycles. The number of phenolic OH excluding ortho intramolecular Hbond substituents is 1. The van der Waals surface area contributed by atoms with Crippen LogP contribution in [0.3, 0.4) is 0 Å². The Morgan fingerprint density at radius 3 is 2.16 bits per heavy atom. The number of fused-ring (bicyclic) bond motifs is 6. The molecule has 3 nitrogen and oxygen atoms in total. The third-order valence-electron chi connectivity index (χ3n) is 6.19. The van der Waals surface area contributed by atoms with E-state index in [1.807, 2.05) is 18.3 Å². The van der Waals surface area contributed by atoms with E-state index in [4.69, 9.17) is 4.98 Å². The van der Waals surface area contributed by atoms with Crippen LogP contribution >= 0.6 is 0 Å². The van der Waals surface area contributed by atoms with E-state index in [9.17, 15) is 5.11 Å². The van der Waals surface area contributed by atoms with Gasteiger partial charge < -0.3 is 5.11 Å². The zero-order valence-electron chi connectivity index (χ0n) is 19.3. The fourth-order valence-electron chi connectivity index (χ4n) is 5.01. The van der Waals surface area contributed by atoms with Gasteiger partial charge in [0, 0.05) is 16.3 Å². The summed E-state index contributed by atoms with van der Waals surface area (Å²) in [5.74, 6) is 1.40. The van der Waals surface area contributed by atoms with Crippen molar-refractivity contribution >= 4 is 27.3 Å². The zero-order chi connectivity index (χ0) is 22.4. The largest absolute Gasteiger partial charge is 0.508 e. The van der Waals surface area contributed by atoms with Gasteiger partial charge >= 0.3 is 0 Å². The standard InChI is InChI=1S/C29H30N2O/c1-18(2)14-20-8-7-9-21(15-19(3)4)28(20)27-17-30-29-25-16-22(32)12-13-23(25)24-10-5-6-11-26(24)31(27)29/h5-13,16-19,32H,14-15H2,1-4H3. The minimum absolute atomic E-state index is 0.264. The zero-order valence-corrected chi connectivity index (χ0v) is 19.3. The molecule has 0 radical (unpaired) electrons. The lowest BCUT2D eigenvalue weighted by Gasteiger charge is -2.19. The van der Waals surface area contributed by atoms with Crippen LogP contribution in [-0.4, -0.2) is 14.5 Å². The molecule has 0 bridgehead atoms. The molecule has 0 spiro atoms. The SMILES string of the molecule is CC(C)Cc1cccc(CC(C)C)c1-c1cnc2c3cc(O)ccc3c3ccccc3n12. The summed E-state index contributed by atoms with van der Waals surface area (Å²) in [6.45, 7) is 9.11. The predicted octanol–water partition coefficient (Wildman–Crippen LogP) is 7.41. The van der Waals surface area contributed by atoms with E-state index in [-0.39, 0.29) is 5.75 Å². The summed E-state index contributed by atoms with van der Waals surface area (Å²) < 4.78 is 2.29. The van der Waals surface area contributed by atoms with Crippen LogP contribution in [0.2, 0.25) is 0 Å². The number of aromatic hydroxyl groups is 1. The highest BCUT2D eigenvalue weighted by molar-refractivity contribution is 6.12. The molecule has 3 heteroatoms. The summed E-state index contributed by atoms with van der Waals surface area (Å²) in [6.07, 6.45) is 4.08. The molecule has 32 heavy (non-hydrogen) atoms. The van der Waals surface area contributed by atoms with Gasteiger partial charge in [-0.15, -0.1) is 0 Å². The van der Waals surface area contributed by atoms with Gasteiger partial charge in [0.05, 0.1) is 17.4 Å². The van der Waals surface area contributed by atoms with E-state index in [1.54, 1.807) is 6.07 Å². The quantitative estimate of drug-likeness (QED) is 0.299. The van der Waals surface area contributed by atoms with Crippen LogP contribution in [0.5, 0.6) is 5.75 Å². The second kappa shape index (κ2) is 7.98. The molecule has 0 saturated carbocycles. The summed E-state index contributed by atoms with van der Waals surface area (Å²) in [4.78, 5) is 4.91. The van der Waals surface area contributed by atoms with Gasteiger partial charge in [-0.2, -0.15) is 0 Å². The Kier molecular flexibility index (Phi) is 5.13. The van der Waals surface area contributed by atoms with E-state index >= 15 is 0 Å². The Labute approximate surface area is 189 Å². The fourth-order valence-corrected chi connectivity index (χ4v) is 5.01. The lowest BCUT2D eigenvalue weighted by molar-refractivity contribution is 0.476.